The van der Waals surface area contributed by atoms with Gasteiger partial charge in [0.15, 0.2) is 0 Å². The van der Waals surface area contributed by atoms with Crippen molar-refractivity contribution in [2.45, 2.75) is 20.8 Å². The van der Waals surface area contributed by atoms with Gasteiger partial charge in [0, 0.05) is 5.69 Å². The van der Waals surface area contributed by atoms with Crippen molar-refractivity contribution in [2.24, 2.45) is 0 Å². The predicted molar refractivity (Wildman–Crippen MR) is 87.4 cm³/mol. The Morgan fingerprint density at radius 3 is 2.50 bits per heavy atom. The van der Waals surface area contributed by atoms with E-state index in [4.69, 9.17) is 17.3 Å². The van der Waals surface area contributed by atoms with Crippen molar-refractivity contribution in [1.29, 1.82) is 0 Å². The Kier molecular flexibility index (Phi) is 4.67. The lowest BCUT2D eigenvalue weighted by atomic mass is 10.0. The summed E-state index contributed by atoms with van der Waals surface area (Å²) in [5.74, 6) is -0.179. The average molecular weight is 310 g/mol. The molecule has 0 spiro atoms. The Morgan fingerprint density at radius 1 is 1.35 bits per heavy atom. The van der Waals surface area contributed by atoms with Crippen LogP contribution in [0, 0.1) is 20.8 Å². The van der Waals surface area contributed by atoms with Gasteiger partial charge in [0.1, 0.15) is 4.32 Å². The van der Waals surface area contributed by atoms with E-state index in [-0.39, 0.29) is 6.54 Å². The highest BCUT2D eigenvalue weighted by atomic mass is 32.2. The maximum atomic E-state index is 10.9. The maximum absolute atomic E-state index is 10.9. The molecule has 0 aromatic heterocycles. The molecule has 1 aliphatic heterocycles. The minimum atomic E-state index is -0.810. The standard InChI is InChI=1S/C14H18N2O2S2/c1-9-4-10(2)13(11(3)5-9)16-7-15(6-12(17)18)8-20-14(16)19/h4-5H,6-8H2,1-3H3,(H,17,18). The van der Waals surface area contributed by atoms with Crippen molar-refractivity contribution >= 4 is 40.0 Å². The fourth-order valence-electron chi connectivity index (χ4n) is 2.57. The van der Waals surface area contributed by atoms with Gasteiger partial charge in [-0.1, -0.05) is 41.7 Å². The van der Waals surface area contributed by atoms with E-state index in [1.807, 2.05) is 9.80 Å². The smallest absolute Gasteiger partial charge is 0.317 e. The molecule has 1 saturated heterocycles. The van der Waals surface area contributed by atoms with Gasteiger partial charge in [-0.25, -0.2) is 0 Å². The molecule has 1 aromatic carbocycles. The van der Waals surface area contributed by atoms with Crippen LogP contribution in [0.1, 0.15) is 16.7 Å². The number of carboxylic acids is 1. The van der Waals surface area contributed by atoms with Crippen LogP contribution in [0.2, 0.25) is 0 Å². The molecule has 1 N–H and O–H groups in total. The molecule has 1 aromatic rings. The van der Waals surface area contributed by atoms with Crippen molar-refractivity contribution in [3.05, 3.63) is 28.8 Å². The van der Waals surface area contributed by atoms with Gasteiger partial charge < -0.3 is 10.0 Å². The van der Waals surface area contributed by atoms with Gasteiger partial charge in [-0.3, -0.25) is 9.69 Å². The summed E-state index contributed by atoms with van der Waals surface area (Å²) < 4.78 is 0.807. The molecule has 0 saturated carbocycles. The van der Waals surface area contributed by atoms with Gasteiger partial charge in [-0.05, 0) is 31.9 Å². The second kappa shape index (κ2) is 6.11. The first-order chi connectivity index (χ1) is 9.38. The summed E-state index contributed by atoms with van der Waals surface area (Å²) in [6, 6.07) is 4.26. The van der Waals surface area contributed by atoms with Crippen LogP contribution in [0.4, 0.5) is 5.69 Å². The Hall–Kier alpha value is -1.11. The highest BCUT2D eigenvalue weighted by molar-refractivity contribution is 8.23. The zero-order valence-electron chi connectivity index (χ0n) is 11.8. The summed E-state index contributed by atoms with van der Waals surface area (Å²) in [5.41, 5.74) is 4.66. The van der Waals surface area contributed by atoms with Crippen LogP contribution in [-0.2, 0) is 4.79 Å². The summed E-state index contributed by atoms with van der Waals surface area (Å²) in [6.07, 6.45) is 0. The van der Waals surface area contributed by atoms with Crippen LogP contribution >= 0.6 is 24.0 Å². The molecule has 4 nitrogen and oxygen atoms in total. The molecule has 0 atom stereocenters. The van der Waals surface area contributed by atoms with Crippen LogP contribution in [0.3, 0.4) is 0 Å². The Labute approximate surface area is 128 Å². The summed E-state index contributed by atoms with van der Waals surface area (Å²) in [4.78, 5) is 14.8. The molecule has 0 amide bonds. The molecular weight excluding hydrogens is 292 g/mol. The van der Waals surface area contributed by atoms with E-state index in [9.17, 15) is 4.79 Å². The molecule has 0 bridgehead atoms. The van der Waals surface area contributed by atoms with Crippen molar-refractivity contribution in [1.82, 2.24) is 4.90 Å². The number of hydrogen-bond acceptors (Lipinski definition) is 4. The number of rotatable bonds is 3. The number of aryl methyl sites for hydroxylation is 3. The number of thioether (sulfide) groups is 1. The van der Waals surface area contributed by atoms with Gasteiger partial charge in [-0.15, -0.1) is 0 Å². The first-order valence-corrected chi connectivity index (χ1v) is 7.74. The lowest BCUT2D eigenvalue weighted by Crippen LogP contribution is -2.47. The van der Waals surface area contributed by atoms with E-state index in [0.29, 0.717) is 12.5 Å². The molecule has 20 heavy (non-hydrogen) atoms. The Balaban J connectivity index is 2.30. The number of benzene rings is 1. The van der Waals surface area contributed by atoms with E-state index in [2.05, 4.69) is 32.9 Å². The monoisotopic (exact) mass is 310 g/mol. The van der Waals surface area contributed by atoms with Crippen LogP contribution in [0.15, 0.2) is 12.1 Å². The van der Waals surface area contributed by atoms with Gasteiger partial charge in [-0.2, -0.15) is 0 Å². The number of carbonyl (C=O) groups is 1. The van der Waals surface area contributed by atoms with Crippen molar-refractivity contribution in [3.63, 3.8) is 0 Å². The topological polar surface area (TPSA) is 43.8 Å². The van der Waals surface area contributed by atoms with Crippen molar-refractivity contribution in [2.75, 3.05) is 24.0 Å². The largest absolute Gasteiger partial charge is 0.480 e. The molecule has 0 unspecified atom stereocenters. The summed E-state index contributed by atoms with van der Waals surface area (Å²) >= 11 is 6.96. The molecule has 6 heteroatoms. The third-order valence-corrected chi connectivity index (χ3v) is 4.73. The number of thiocarbonyl (C=S) groups is 1. The second-order valence-electron chi connectivity index (χ2n) is 5.08. The van der Waals surface area contributed by atoms with Gasteiger partial charge in [0.2, 0.25) is 0 Å². The molecule has 1 aliphatic rings. The molecule has 1 fully saturated rings. The molecule has 1 heterocycles. The zero-order valence-corrected chi connectivity index (χ0v) is 13.5. The summed E-state index contributed by atoms with van der Waals surface area (Å²) in [7, 11) is 0. The third-order valence-electron chi connectivity index (χ3n) is 3.20. The normalized spacial score (nSPS) is 16.6. The van der Waals surface area contributed by atoms with E-state index in [0.717, 1.165) is 10.0 Å². The molecule has 0 aliphatic carbocycles. The maximum Gasteiger partial charge on any atom is 0.317 e. The number of nitrogens with zero attached hydrogens (tertiary/aromatic N) is 2. The third kappa shape index (κ3) is 3.31. The Morgan fingerprint density at radius 2 is 1.95 bits per heavy atom. The minimum Gasteiger partial charge on any atom is -0.480 e. The number of aliphatic carboxylic acids is 1. The summed E-state index contributed by atoms with van der Waals surface area (Å²) in [6.45, 7) is 6.78. The van der Waals surface area contributed by atoms with Crippen LogP contribution in [-0.4, -0.2) is 39.4 Å². The van der Waals surface area contributed by atoms with E-state index in [1.54, 1.807) is 0 Å². The molecule has 108 valence electrons. The predicted octanol–water partition coefficient (Wildman–Crippen LogP) is 2.75. The zero-order chi connectivity index (χ0) is 14.9. The number of hydrogen-bond donors (Lipinski definition) is 1. The lowest BCUT2D eigenvalue weighted by Gasteiger charge is -2.37. The van der Waals surface area contributed by atoms with E-state index < -0.39 is 5.97 Å². The first kappa shape index (κ1) is 15.3. The summed E-state index contributed by atoms with van der Waals surface area (Å²) in [5, 5.41) is 8.93. The van der Waals surface area contributed by atoms with Gasteiger partial charge >= 0.3 is 5.97 Å². The SMILES string of the molecule is Cc1cc(C)c(N2CN(CC(=O)O)CSC2=S)c(C)c1. The fourth-order valence-corrected chi connectivity index (χ4v) is 3.65. The molecule has 2 rings (SSSR count). The number of anilines is 1. The quantitative estimate of drug-likeness (QED) is 0.866. The fraction of sp³-hybridized carbons (Fsp3) is 0.429. The molecular formula is C14H18N2O2S2. The average Bonchev–Trinajstić information content (AvgIpc) is 2.31. The number of carboxylic acid groups (broad SMARTS) is 1. The minimum absolute atomic E-state index is 0.0378. The van der Waals surface area contributed by atoms with E-state index >= 15 is 0 Å². The Bertz CT molecular complexity index is 537. The van der Waals surface area contributed by atoms with Crippen LogP contribution in [0.25, 0.3) is 0 Å². The second-order valence-corrected chi connectivity index (χ2v) is 6.66. The van der Waals surface area contributed by atoms with Crippen LogP contribution in [0.5, 0.6) is 0 Å². The van der Waals surface area contributed by atoms with Crippen LogP contribution < -0.4 is 4.90 Å². The first-order valence-electron chi connectivity index (χ1n) is 6.35. The highest BCUT2D eigenvalue weighted by Crippen LogP contribution is 2.31. The van der Waals surface area contributed by atoms with Crippen molar-refractivity contribution in [3.8, 4) is 0 Å². The van der Waals surface area contributed by atoms with Gasteiger partial charge in [0.25, 0.3) is 0 Å². The highest BCUT2D eigenvalue weighted by Gasteiger charge is 2.26. The van der Waals surface area contributed by atoms with Gasteiger partial charge in [0.05, 0.1) is 19.1 Å². The van der Waals surface area contributed by atoms with E-state index in [1.165, 1.54) is 28.5 Å². The lowest BCUT2D eigenvalue weighted by molar-refractivity contribution is -0.138. The molecule has 0 radical (unpaired) electrons. The van der Waals surface area contributed by atoms with Crippen molar-refractivity contribution < 1.29 is 9.90 Å².